The summed E-state index contributed by atoms with van der Waals surface area (Å²) in [4.78, 5) is 37.3. The van der Waals surface area contributed by atoms with Crippen LogP contribution in [-0.4, -0.2) is 52.4 Å². The van der Waals surface area contributed by atoms with Gasteiger partial charge in [0.25, 0.3) is 11.8 Å². The van der Waals surface area contributed by atoms with Gasteiger partial charge in [0.1, 0.15) is 5.69 Å². The van der Waals surface area contributed by atoms with Crippen molar-refractivity contribution in [3.8, 4) is 0 Å². The molecular formula is C24H28ClN5O2S. The van der Waals surface area contributed by atoms with E-state index in [1.54, 1.807) is 6.07 Å². The van der Waals surface area contributed by atoms with Crippen molar-refractivity contribution in [2.24, 2.45) is 0 Å². The molecule has 7 nitrogen and oxygen atoms in total. The maximum absolute atomic E-state index is 13.1. The number of amides is 2. The zero-order valence-corrected chi connectivity index (χ0v) is 20.2. The van der Waals surface area contributed by atoms with E-state index in [0.717, 1.165) is 68.2 Å². The van der Waals surface area contributed by atoms with Gasteiger partial charge in [-0.2, -0.15) is 0 Å². The molecule has 1 aliphatic heterocycles. The molecule has 1 saturated carbocycles. The van der Waals surface area contributed by atoms with Crippen LogP contribution in [0.5, 0.6) is 0 Å². The van der Waals surface area contributed by atoms with Gasteiger partial charge in [-0.3, -0.25) is 9.59 Å². The second kappa shape index (κ2) is 9.44. The smallest absolute Gasteiger partial charge is 0.280 e. The van der Waals surface area contributed by atoms with Crippen molar-refractivity contribution in [2.75, 3.05) is 13.6 Å². The van der Waals surface area contributed by atoms with E-state index in [1.165, 1.54) is 16.2 Å². The molecule has 9 heteroatoms. The van der Waals surface area contributed by atoms with Gasteiger partial charge in [-0.05, 0) is 44.2 Å². The number of carbonyl (C=O) groups excluding carboxylic acids is 2. The molecule has 0 bridgehead atoms. The fourth-order valence-corrected chi connectivity index (χ4v) is 6.05. The number of hydrogen-bond donors (Lipinski definition) is 3. The van der Waals surface area contributed by atoms with Gasteiger partial charge in [0.05, 0.1) is 5.69 Å². The first-order valence-corrected chi connectivity index (χ1v) is 12.7. The molecule has 3 heterocycles. The Hall–Kier alpha value is -2.42. The van der Waals surface area contributed by atoms with Crippen molar-refractivity contribution in [3.63, 3.8) is 0 Å². The molecule has 1 aliphatic carbocycles. The average Bonchev–Trinajstić information content (AvgIpc) is 3.34. The summed E-state index contributed by atoms with van der Waals surface area (Å²) in [5.41, 5.74) is 2.42. The molecule has 3 N–H and O–H groups in total. The molecule has 5 rings (SSSR count). The number of thiazole rings is 1. The van der Waals surface area contributed by atoms with E-state index in [4.69, 9.17) is 11.6 Å². The third kappa shape index (κ3) is 4.93. The molecule has 1 aromatic carbocycles. The zero-order valence-electron chi connectivity index (χ0n) is 18.6. The largest absolute Gasteiger partial charge is 0.351 e. The van der Waals surface area contributed by atoms with Crippen molar-refractivity contribution in [1.29, 1.82) is 0 Å². The number of H-pyrrole nitrogens is 1. The molecule has 0 spiro atoms. The lowest BCUT2D eigenvalue weighted by molar-refractivity contribution is 0.0876. The highest BCUT2D eigenvalue weighted by molar-refractivity contribution is 7.13. The van der Waals surface area contributed by atoms with Crippen LogP contribution < -0.4 is 10.6 Å². The Morgan fingerprint density at radius 2 is 1.88 bits per heavy atom. The van der Waals surface area contributed by atoms with E-state index in [9.17, 15) is 9.59 Å². The monoisotopic (exact) mass is 485 g/mol. The number of hydrogen-bond acceptors (Lipinski definition) is 5. The van der Waals surface area contributed by atoms with Crippen LogP contribution in [-0.2, 0) is 13.0 Å². The van der Waals surface area contributed by atoms with Crippen LogP contribution in [0, 0.1) is 0 Å². The van der Waals surface area contributed by atoms with Crippen LogP contribution in [0.25, 0.3) is 10.9 Å². The number of aromatic nitrogens is 2. The molecule has 3 aromatic rings. The highest BCUT2D eigenvalue weighted by atomic mass is 35.5. The standard InChI is InChI=1S/C24H28ClN5O2S/c1-30-10-9-19-21(13-30)33-24(29-19)23(32)28-18-6-4-2-3-5-17(18)27-22(31)20-12-14-11-15(25)7-8-16(14)26-20/h7-8,11-12,17-18,26H,2-6,9-10,13H2,1H3,(H,27,31)(H,28,32)/t17-,18+/m0/s1. The fourth-order valence-electron chi connectivity index (χ4n) is 4.78. The highest BCUT2D eigenvalue weighted by Gasteiger charge is 2.29. The second-order valence-electron chi connectivity index (χ2n) is 9.09. The van der Waals surface area contributed by atoms with Crippen LogP contribution in [0.3, 0.4) is 0 Å². The number of halogens is 1. The highest BCUT2D eigenvalue weighted by Crippen LogP contribution is 2.26. The molecule has 33 heavy (non-hydrogen) atoms. The number of benzene rings is 1. The number of nitrogens with one attached hydrogen (secondary N) is 3. The van der Waals surface area contributed by atoms with Crippen LogP contribution >= 0.6 is 22.9 Å². The van der Waals surface area contributed by atoms with Gasteiger partial charge in [-0.15, -0.1) is 11.3 Å². The van der Waals surface area contributed by atoms with E-state index in [0.29, 0.717) is 15.7 Å². The minimum absolute atomic E-state index is 0.119. The molecule has 174 valence electrons. The SMILES string of the molecule is CN1CCc2nc(C(=O)N[C@@H]3CCCCC[C@@H]3NC(=O)c3cc4cc(Cl)ccc4[nH]3)sc2C1. The minimum Gasteiger partial charge on any atom is -0.351 e. The summed E-state index contributed by atoms with van der Waals surface area (Å²) in [7, 11) is 2.09. The summed E-state index contributed by atoms with van der Waals surface area (Å²) in [6.07, 6.45) is 5.71. The Balaban J connectivity index is 1.29. The molecule has 2 aromatic heterocycles. The molecule has 0 radical (unpaired) electrons. The first kappa shape index (κ1) is 22.4. The summed E-state index contributed by atoms with van der Waals surface area (Å²) in [6.45, 7) is 1.81. The van der Waals surface area contributed by atoms with Gasteiger partial charge in [-0.25, -0.2) is 4.98 Å². The maximum atomic E-state index is 13.1. The number of carbonyl (C=O) groups is 2. The number of nitrogens with zero attached hydrogens (tertiary/aromatic N) is 2. The van der Waals surface area contributed by atoms with Gasteiger partial charge in [0.15, 0.2) is 5.01 Å². The lowest BCUT2D eigenvalue weighted by Crippen LogP contribution is -2.51. The number of rotatable bonds is 4. The van der Waals surface area contributed by atoms with Crippen molar-refractivity contribution in [2.45, 2.75) is 57.2 Å². The van der Waals surface area contributed by atoms with Crippen molar-refractivity contribution < 1.29 is 9.59 Å². The van der Waals surface area contributed by atoms with E-state index in [1.807, 2.05) is 18.2 Å². The molecule has 2 atom stereocenters. The van der Waals surface area contributed by atoms with Gasteiger partial charge < -0.3 is 20.5 Å². The van der Waals surface area contributed by atoms with Crippen LogP contribution in [0.15, 0.2) is 24.3 Å². The van der Waals surface area contributed by atoms with E-state index in [-0.39, 0.29) is 23.9 Å². The first-order chi connectivity index (χ1) is 16.0. The third-order valence-electron chi connectivity index (χ3n) is 6.59. The quantitative estimate of drug-likeness (QED) is 0.485. The number of aromatic amines is 1. The van der Waals surface area contributed by atoms with Gasteiger partial charge in [0.2, 0.25) is 0 Å². The van der Waals surface area contributed by atoms with E-state index < -0.39 is 0 Å². The number of fused-ring (bicyclic) bond motifs is 2. The van der Waals surface area contributed by atoms with Crippen molar-refractivity contribution >= 4 is 45.7 Å². The fraction of sp³-hybridized carbons (Fsp3) is 0.458. The molecule has 2 amide bonds. The second-order valence-corrected chi connectivity index (χ2v) is 10.6. The summed E-state index contributed by atoms with van der Waals surface area (Å²) >= 11 is 7.57. The Kier molecular flexibility index (Phi) is 6.40. The van der Waals surface area contributed by atoms with Gasteiger partial charge in [0, 0.05) is 52.4 Å². The van der Waals surface area contributed by atoms with Crippen molar-refractivity contribution in [3.05, 3.63) is 50.6 Å². The average molecular weight is 486 g/mol. The Morgan fingerprint density at radius 3 is 2.67 bits per heavy atom. The molecule has 0 unspecified atom stereocenters. The normalized spacial score (nSPS) is 21.4. The van der Waals surface area contributed by atoms with Crippen molar-refractivity contribution in [1.82, 2.24) is 25.5 Å². The summed E-state index contributed by atoms with van der Waals surface area (Å²) in [5, 5.41) is 8.42. The molecule has 1 fully saturated rings. The molecular weight excluding hydrogens is 458 g/mol. The van der Waals surface area contributed by atoms with E-state index in [2.05, 4.69) is 32.5 Å². The predicted octanol–water partition coefficient (Wildman–Crippen LogP) is 4.13. The Labute approximate surface area is 201 Å². The third-order valence-corrected chi connectivity index (χ3v) is 7.91. The van der Waals surface area contributed by atoms with Gasteiger partial charge in [-0.1, -0.05) is 30.9 Å². The van der Waals surface area contributed by atoms with Crippen LogP contribution in [0.4, 0.5) is 0 Å². The minimum atomic E-state index is -0.166. The summed E-state index contributed by atoms with van der Waals surface area (Å²) < 4.78 is 0. The summed E-state index contributed by atoms with van der Waals surface area (Å²) in [6, 6.07) is 7.08. The topological polar surface area (TPSA) is 90.1 Å². The first-order valence-electron chi connectivity index (χ1n) is 11.5. The predicted molar refractivity (Wildman–Crippen MR) is 131 cm³/mol. The van der Waals surface area contributed by atoms with Crippen LogP contribution in [0.2, 0.25) is 5.02 Å². The molecule has 0 saturated heterocycles. The van der Waals surface area contributed by atoms with Crippen LogP contribution in [0.1, 0.15) is 63.0 Å². The molecule has 2 aliphatic rings. The maximum Gasteiger partial charge on any atom is 0.280 e. The van der Waals surface area contributed by atoms with E-state index >= 15 is 0 Å². The Morgan fingerprint density at radius 1 is 1.12 bits per heavy atom. The number of likely N-dealkylation sites (N-methyl/N-ethyl adjacent to an activating group) is 1. The summed E-state index contributed by atoms with van der Waals surface area (Å²) in [5.74, 6) is -0.301. The lowest BCUT2D eigenvalue weighted by atomic mass is 10.0. The van der Waals surface area contributed by atoms with Gasteiger partial charge >= 0.3 is 0 Å². The lowest BCUT2D eigenvalue weighted by Gasteiger charge is -2.26. The Bertz CT molecular complexity index is 1190. The zero-order chi connectivity index (χ0) is 22.9.